The van der Waals surface area contributed by atoms with E-state index in [4.69, 9.17) is 0 Å². The first-order valence-electron chi connectivity index (χ1n) is 7.50. The molecule has 1 aromatic heterocycles. The first kappa shape index (κ1) is 13.2. The van der Waals surface area contributed by atoms with Gasteiger partial charge in [-0.1, -0.05) is 13.3 Å². The average molecular weight is 271 g/mol. The van der Waals surface area contributed by atoms with Gasteiger partial charge in [0.2, 0.25) is 5.91 Å². The number of benzene rings is 1. The summed E-state index contributed by atoms with van der Waals surface area (Å²) in [6, 6.07) is 5.85. The molecule has 2 aromatic rings. The van der Waals surface area contributed by atoms with Gasteiger partial charge in [-0.2, -0.15) is 5.10 Å². The number of amides is 1. The van der Waals surface area contributed by atoms with E-state index in [9.17, 15) is 4.79 Å². The zero-order chi connectivity index (χ0) is 13.9. The largest absolute Gasteiger partial charge is 0.326 e. The molecular weight excluding hydrogens is 250 g/mol. The summed E-state index contributed by atoms with van der Waals surface area (Å²) < 4.78 is 0. The van der Waals surface area contributed by atoms with Crippen molar-refractivity contribution in [1.82, 2.24) is 10.2 Å². The molecule has 1 aromatic carbocycles. The molecule has 20 heavy (non-hydrogen) atoms. The summed E-state index contributed by atoms with van der Waals surface area (Å²) in [4.78, 5) is 12.3. The molecule has 3 rings (SSSR count). The van der Waals surface area contributed by atoms with Crippen LogP contribution in [0.2, 0.25) is 0 Å². The number of hydrogen-bond donors (Lipinski definition) is 2. The quantitative estimate of drug-likeness (QED) is 0.894. The number of aromatic amines is 1. The van der Waals surface area contributed by atoms with Crippen LogP contribution in [0.15, 0.2) is 24.4 Å². The van der Waals surface area contributed by atoms with Crippen molar-refractivity contribution < 1.29 is 4.79 Å². The summed E-state index contributed by atoms with van der Waals surface area (Å²) in [5, 5.41) is 11.0. The molecule has 1 amide bonds. The van der Waals surface area contributed by atoms with Gasteiger partial charge in [-0.3, -0.25) is 9.89 Å². The SMILES string of the molecule is CCC1CCC(C(=O)Nc2ccc3cn[nH]c3c2)CC1. The third-order valence-electron chi connectivity index (χ3n) is 4.50. The van der Waals surface area contributed by atoms with Crippen LogP contribution in [0.25, 0.3) is 10.9 Å². The predicted octanol–water partition coefficient (Wildman–Crippen LogP) is 3.72. The molecule has 0 atom stereocenters. The molecule has 106 valence electrons. The molecule has 4 nitrogen and oxygen atoms in total. The lowest BCUT2D eigenvalue weighted by Crippen LogP contribution is -2.27. The van der Waals surface area contributed by atoms with Crippen LogP contribution < -0.4 is 5.32 Å². The van der Waals surface area contributed by atoms with Crippen molar-refractivity contribution >= 4 is 22.5 Å². The van der Waals surface area contributed by atoms with Crippen LogP contribution in [0.1, 0.15) is 39.0 Å². The van der Waals surface area contributed by atoms with E-state index >= 15 is 0 Å². The van der Waals surface area contributed by atoms with Gasteiger partial charge in [-0.05, 0) is 49.8 Å². The fraction of sp³-hybridized carbons (Fsp3) is 0.500. The van der Waals surface area contributed by atoms with Crippen LogP contribution in [0, 0.1) is 11.8 Å². The minimum Gasteiger partial charge on any atom is -0.326 e. The summed E-state index contributed by atoms with van der Waals surface area (Å²) >= 11 is 0. The Hall–Kier alpha value is -1.84. The smallest absolute Gasteiger partial charge is 0.227 e. The van der Waals surface area contributed by atoms with E-state index in [0.29, 0.717) is 0 Å². The van der Waals surface area contributed by atoms with Gasteiger partial charge >= 0.3 is 0 Å². The van der Waals surface area contributed by atoms with Gasteiger partial charge in [-0.25, -0.2) is 0 Å². The number of nitrogens with one attached hydrogen (secondary N) is 2. The standard InChI is InChI=1S/C16H21N3O/c1-2-11-3-5-12(6-4-11)16(20)18-14-8-7-13-10-17-19-15(13)9-14/h7-12H,2-6H2,1H3,(H,17,19)(H,18,20). The number of carbonyl (C=O) groups is 1. The molecule has 4 heteroatoms. The van der Waals surface area contributed by atoms with Crippen LogP contribution in [0.4, 0.5) is 5.69 Å². The first-order valence-corrected chi connectivity index (χ1v) is 7.50. The number of fused-ring (bicyclic) bond motifs is 1. The molecule has 2 N–H and O–H groups in total. The fourth-order valence-electron chi connectivity index (χ4n) is 3.09. The molecule has 0 radical (unpaired) electrons. The van der Waals surface area contributed by atoms with Crippen LogP contribution in [0.5, 0.6) is 0 Å². The van der Waals surface area contributed by atoms with Crippen molar-refractivity contribution in [3.05, 3.63) is 24.4 Å². The van der Waals surface area contributed by atoms with E-state index in [1.807, 2.05) is 18.2 Å². The Bertz CT molecular complexity index is 597. The van der Waals surface area contributed by atoms with Crippen molar-refractivity contribution in [1.29, 1.82) is 0 Å². The molecule has 1 heterocycles. The Balaban J connectivity index is 1.63. The molecular formula is C16H21N3O. The molecule has 0 spiro atoms. The van der Waals surface area contributed by atoms with Gasteiger partial charge in [0.15, 0.2) is 0 Å². The van der Waals surface area contributed by atoms with Gasteiger partial charge in [-0.15, -0.1) is 0 Å². The van der Waals surface area contributed by atoms with Gasteiger partial charge in [0.25, 0.3) is 0 Å². The second kappa shape index (κ2) is 5.65. The van der Waals surface area contributed by atoms with Crippen molar-refractivity contribution in [3.63, 3.8) is 0 Å². The van der Waals surface area contributed by atoms with Crippen molar-refractivity contribution in [3.8, 4) is 0 Å². The van der Waals surface area contributed by atoms with E-state index in [1.54, 1.807) is 6.20 Å². The topological polar surface area (TPSA) is 57.8 Å². The summed E-state index contributed by atoms with van der Waals surface area (Å²) in [7, 11) is 0. The Morgan fingerprint density at radius 1 is 1.35 bits per heavy atom. The third kappa shape index (κ3) is 2.69. The van der Waals surface area contributed by atoms with E-state index in [2.05, 4.69) is 22.4 Å². The van der Waals surface area contributed by atoms with Crippen molar-refractivity contribution in [2.75, 3.05) is 5.32 Å². The second-order valence-electron chi connectivity index (χ2n) is 5.79. The highest BCUT2D eigenvalue weighted by Crippen LogP contribution is 2.31. The van der Waals surface area contributed by atoms with Crippen LogP contribution in [0.3, 0.4) is 0 Å². The molecule has 1 aliphatic rings. The number of rotatable bonds is 3. The Morgan fingerprint density at radius 3 is 2.90 bits per heavy atom. The highest BCUT2D eigenvalue weighted by atomic mass is 16.1. The molecule has 1 aliphatic carbocycles. The van der Waals surface area contributed by atoms with Crippen LogP contribution in [-0.4, -0.2) is 16.1 Å². The van der Waals surface area contributed by atoms with Gasteiger partial charge < -0.3 is 5.32 Å². The average Bonchev–Trinajstić information content (AvgIpc) is 2.95. The maximum absolute atomic E-state index is 12.3. The minimum atomic E-state index is 0.165. The normalized spacial score (nSPS) is 22.9. The van der Waals surface area contributed by atoms with Crippen LogP contribution in [-0.2, 0) is 4.79 Å². The monoisotopic (exact) mass is 271 g/mol. The van der Waals surface area contributed by atoms with Gasteiger partial charge in [0.05, 0.1) is 11.7 Å². The van der Waals surface area contributed by atoms with E-state index in [1.165, 1.54) is 19.3 Å². The number of carbonyl (C=O) groups excluding carboxylic acids is 1. The molecule has 0 aliphatic heterocycles. The highest BCUT2D eigenvalue weighted by molar-refractivity contribution is 5.94. The van der Waals surface area contributed by atoms with Crippen molar-refractivity contribution in [2.24, 2.45) is 11.8 Å². The maximum atomic E-state index is 12.3. The first-order chi connectivity index (χ1) is 9.76. The zero-order valence-electron chi connectivity index (χ0n) is 11.9. The Labute approximate surface area is 119 Å². The number of H-pyrrole nitrogens is 1. The van der Waals surface area contributed by atoms with E-state index < -0.39 is 0 Å². The highest BCUT2D eigenvalue weighted by Gasteiger charge is 2.25. The third-order valence-corrected chi connectivity index (χ3v) is 4.50. The molecule has 0 unspecified atom stereocenters. The Morgan fingerprint density at radius 2 is 2.15 bits per heavy atom. The fourth-order valence-corrected chi connectivity index (χ4v) is 3.09. The predicted molar refractivity (Wildman–Crippen MR) is 80.5 cm³/mol. The minimum absolute atomic E-state index is 0.165. The van der Waals surface area contributed by atoms with E-state index in [-0.39, 0.29) is 11.8 Å². The summed E-state index contributed by atoms with van der Waals surface area (Å²) in [6.45, 7) is 2.24. The number of hydrogen-bond acceptors (Lipinski definition) is 2. The number of anilines is 1. The summed E-state index contributed by atoms with van der Waals surface area (Å²) in [5.74, 6) is 1.16. The van der Waals surface area contributed by atoms with Gasteiger partial charge in [0, 0.05) is 17.0 Å². The van der Waals surface area contributed by atoms with E-state index in [0.717, 1.165) is 35.3 Å². The lowest BCUT2D eigenvalue weighted by molar-refractivity contribution is -0.121. The summed E-state index contributed by atoms with van der Waals surface area (Å²) in [6.07, 6.45) is 7.45. The Kier molecular flexibility index (Phi) is 3.72. The molecule has 1 saturated carbocycles. The zero-order valence-corrected chi connectivity index (χ0v) is 11.9. The van der Waals surface area contributed by atoms with Crippen LogP contribution >= 0.6 is 0 Å². The summed E-state index contributed by atoms with van der Waals surface area (Å²) in [5.41, 5.74) is 1.81. The lowest BCUT2D eigenvalue weighted by atomic mass is 9.80. The number of nitrogens with zero attached hydrogens (tertiary/aromatic N) is 1. The number of aromatic nitrogens is 2. The lowest BCUT2D eigenvalue weighted by Gasteiger charge is -2.26. The van der Waals surface area contributed by atoms with Crippen molar-refractivity contribution in [2.45, 2.75) is 39.0 Å². The molecule has 0 bridgehead atoms. The molecule has 1 fully saturated rings. The van der Waals surface area contributed by atoms with Gasteiger partial charge in [0.1, 0.15) is 0 Å². The maximum Gasteiger partial charge on any atom is 0.227 e. The second-order valence-corrected chi connectivity index (χ2v) is 5.79. The molecule has 0 saturated heterocycles.